The minimum atomic E-state index is -2.76. The quantitative estimate of drug-likeness (QED) is 0.564. The van der Waals surface area contributed by atoms with E-state index < -0.39 is 15.3 Å². The normalized spacial score (nSPS) is 11.3. The van der Waals surface area contributed by atoms with Gasteiger partial charge in [-0.2, -0.15) is 0 Å². The summed E-state index contributed by atoms with van der Waals surface area (Å²) in [5.74, 6) is 0. The first kappa shape index (κ1) is 11.7. The van der Waals surface area contributed by atoms with Crippen molar-refractivity contribution in [2.45, 2.75) is 0 Å². The Kier molecular flexibility index (Phi) is 3.97. The summed E-state index contributed by atoms with van der Waals surface area (Å²) in [4.78, 5) is 0. The van der Waals surface area contributed by atoms with Crippen LogP contribution in [0.15, 0.2) is 60.7 Å². The van der Waals surface area contributed by atoms with Gasteiger partial charge in [0.05, 0.1) is 0 Å². The van der Waals surface area contributed by atoms with E-state index in [1.807, 2.05) is 0 Å². The average Bonchev–Trinajstić information content (AvgIpc) is 2.31. The molecule has 0 aromatic heterocycles. The predicted molar refractivity (Wildman–Crippen MR) is 70.0 cm³/mol. The van der Waals surface area contributed by atoms with Gasteiger partial charge in [0.1, 0.15) is 0 Å². The van der Waals surface area contributed by atoms with Crippen LogP contribution >= 0.6 is 24.6 Å². The molecule has 2 aromatic rings. The molecule has 0 atom stereocenters. The molecule has 0 aliphatic carbocycles. The van der Waals surface area contributed by atoms with Crippen LogP contribution in [0.4, 0.5) is 0 Å². The first-order valence-corrected chi connectivity index (χ1v) is 24.0. The maximum atomic E-state index is 3.94. The summed E-state index contributed by atoms with van der Waals surface area (Å²) in [6.45, 7) is 0. The van der Waals surface area contributed by atoms with Crippen LogP contribution in [-0.2, 0) is 15.3 Å². The van der Waals surface area contributed by atoms with Gasteiger partial charge in [-0.3, -0.25) is 0 Å². The third kappa shape index (κ3) is 2.69. The van der Waals surface area contributed by atoms with Crippen molar-refractivity contribution < 1.29 is 15.3 Å². The van der Waals surface area contributed by atoms with Crippen molar-refractivity contribution in [1.29, 1.82) is 0 Å². The molecule has 0 saturated carbocycles. The molecule has 76 valence electrons. The minimum absolute atomic E-state index is 1.41. The van der Waals surface area contributed by atoms with Gasteiger partial charge in [0.15, 0.2) is 0 Å². The van der Waals surface area contributed by atoms with Crippen molar-refractivity contribution in [2.24, 2.45) is 0 Å². The Bertz CT molecular complexity index is 384. The monoisotopic (exact) mass is 492 g/mol. The fourth-order valence-corrected chi connectivity index (χ4v) is 15.7. The van der Waals surface area contributed by atoms with Gasteiger partial charge in [-0.15, -0.1) is 0 Å². The molecule has 0 amide bonds. The Balaban J connectivity index is 2.44. The molecule has 0 saturated heterocycles. The molecule has 0 radical (unpaired) electrons. The second-order valence-electron chi connectivity index (χ2n) is 3.31. The zero-order chi connectivity index (χ0) is 10.7. The van der Waals surface area contributed by atoms with E-state index in [1.54, 1.807) is 0 Å². The zero-order valence-electron chi connectivity index (χ0n) is 8.03. The first-order chi connectivity index (χ1) is 7.21. The zero-order valence-corrected chi connectivity index (χ0v) is 14.8. The van der Waals surface area contributed by atoms with Gasteiger partial charge >= 0.3 is 107 Å². The Morgan fingerprint density at radius 3 is 1.27 bits per heavy atom. The van der Waals surface area contributed by atoms with Crippen molar-refractivity contribution in [3.05, 3.63) is 60.7 Å². The fraction of sp³-hybridized carbons (Fsp3) is 0. The Labute approximate surface area is 106 Å². The summed E-state index contributed by atoms with van der Waals surface area (Å²) in [5.41, 5.74) is 0. The van der Waals surface area contributed by atoms with Crippen molar-refractivity contribution in [3.8, 4) is 0 Å². The standard InChI is InChI=1S/2C6H5.2BrH.Hf/c2*1-2-4-6-5-3-1;;;/h2*1-5H;2*1H;/q;;;;+2/p-2. The summed E-state index contributed by atoms with van der Waals surface area (Å²) < 4.78 is 2.83. The summed E-state index contributed by atoms with van der Waals surface area (Å²) in [6, 6.07) is 21.2. The molecular weight excluding hydrogens is 482 g/mol. The van der Waals surface area contributed by atoms with E-state index in [0.29, 0.717) is 0 Å². The van der Waals surface area contributed by atoms with Gasteiger partial charge in [0, 0.05) is 0 Å². The number of rotatable bonds is 2. The van der Waals surface area contributed by atoms with E-state index in [9.17, 15) is 0 Å². The Morgan fingerprint density at radius 2 is 0.933 bits per heavy atom. The topological polar surface area (TPSA) is 0 Å². The van der Waals surface area contributed by atoms with E-state index in [1.165, 1.54) is 6.64 Å². The van der Waals surface area contributed by atoms with Crippen LogP contribution < -0.4 is 6.64 Å². The number of hydrogen-bond acceptors (Lipinski definition) is 0. The van der Waals surface area contributed by atoms with Gasteiger partial charge in [-0.1, -0.05) is 0 Å². The number of halogens is 2. The molecule has 2 aromatic carbocycles. The molecule has 3 heteroatoms. The molecule has 0 spiro atoms. The van der Waals surface area contributed by atoms with E-state index in [0.717, 1.165) is 0 Å². The van der Waals surface area contributed by atoms with Crippen molar-refractivity contribution >= 4 is 31.2 Å². The molecule has 0 N–H and O–H groups in total. The third-order valence-corrected chi connectivity index (χ3v) is 24.9. The van der Waals surface area contributed by atoms with Crippen LogP contribution in [0.3, 0.4) is 0 Å². The van der Waals surface area contributed by atoms with E-state index in [-0.39, 0.29) is 0 Å². The van der Waals surface area contributed by atoms with Crippen LogP contribution in [0.1, 0.15) is 0 Å². The van der Waals surface area contributed by atoms with E-state index in [2.05, 4.69) is 85.3 Å². The SMILES string of the molecule is [Br][Hf]([Br])([c]1ccccc1)[c]1ccccc1. The number of benzene rings is 2. The molecule has 0 aliphatic heterocycles. The van der Waals surface area contributed by atoms with Gasteiger partial charge in [-0.05, 0) is 0 Å². The molecule has 2 rings (SSSR count). The fourth-order valence-electron chi connectivity index (χ4n) is 1.46. The van der Waals surface area contributed by atoms with Crippen molar-refractivity contribution in [1.82, 2.24) is 0 Å². The van der Waals surface area contributed by atoms with Gasteiger partial charge < -0.3 is 0 Å². The van der Waals surface area contributed by atoms with Crippen LogP contribution in [-0.4, -0.2) is 0 Å². The number of hydrogen-bond donors (Lipinski definition) is 0. The molecule has 0 aliphatic rings. The van der Waals surface area contributed by atoms with Gasteiger partial charge in [0.25, 0.3) is 0 Å². The Hall–Kier alpha value is 0.270. The van der Waals surface area contributed by atoms with Gasteiger partial charge in [0.2, 0.25) is 0 Å². The van der Waals surface area contributed by atoms with Gasteiger partial charge in [-0.25, -0.2) is 0 Å². The van der Waals surface area contributed by atoms with Crippen molar-refractivity contribution in [3.63, 3.8) is 0 Å². The summed E-state index contributed by atoms with van der Waals surface area (Å²) in [7, 11) is 0. The molecule has 0 unspecified atom stereocenters. The maximum absolute atomic E-state index is 3.94. The predicted octanol–water partition coefficient (Wildman–Crippen LogP) is 3.41. The van der Waals surface area contributed by atoms with E-state index >= 15 is 0 Å². The van der Waals surface area contributed by atoms with Crippen LogP contribution in [0.2, 0.25) is 0 Å². The van der Waals surface area contributed by atoms with Crippen LogP contribution in [0.5, 0.6) is 0 Å². The van der Waals surface area contributed by atoms with Crippen molar-refractivity contribution in [2.75, 3.05) is 0 Å². The molecular formula is C12H10Br2Hf. The second kappa shape index (κ2) is 5.07. The molecule has 15 heavy (non-hydrogen) atoms. The summed E-state index contributed by atoms with van der Waals surface area (Å²) >= 11 is 5.12. The molecule has 0 fully saturated rings. The summed E-state index contributed by atoms with van der Waals surface area (Å²) in [5, 5.41) is 0. The van der Waals surface area contributed by atoms with Crippen LogP contribution in [0, 0.1) is 0 Å². The van der Waals surface area contributed by atoms with Crippen LogP contribution in [0.25, 0.3) is 0 Å². The third-order valence-electron chi connectivity index (χ3n) is 2.27. The average molecular weight is 493 g/mol. The molecule has 0 bridgehead atoms. The summed E-state index contributed by atoms with van der Waals surface area (Å²) in [6.07, 6.45) is 0. The van der Waals surface area contributed by atoms with E-state index in [4.69, 9.17) is 0 Å². The molecule has 0 heterocycles. The second-order valence-corrected chi connectivity index (χ2v) is 39.8. The first-order valence-electron chi connectivity index (χ1n) is 4.70. The Morgan fingerprint density at radius 1 is 0.600 bits per heavy atom. The molecule has 0 nitrogen and oxygen atoms in total.